The molecule has 0 nitrogen and oxygen atoms in total. The van der Waals surface area contributed by atoms with Crippen LogP contribution >= 0.6 is 0 Å². The third-order valence-corrected chi connectivity index (χ3v) is 2.29. The monoisotopic (exact) mass is 349 g/mol. The maximum atomic E-state index is 3.21. The fourth-order valence-corrected chi connectivity index (χ4v) is 1.39. The molecule has 0 unspecified atom stereocenters. The standard InChI is InChI=1S/2C7H9.2ClH.Nb/c2*1-2-7-5-3-4-6-7;;;/h2*3,5H,2,4H2,1H3;2*1H;/q2*-1;;;/p-2. The fourth-order valence-electron chi connectivity index (χ4n) is 1.39. The van der Waals surface area contributed by atoms with Gasteiger partial charge in [-0.15, -0.1) is 12.8 Å². The van der Waals surface area contributed by atoms with Crippen molar-refractivity contribution >= 4 is 0 Å². The molecule has 3 heteroatoms. The molecule has 0 aliphatic heterocycles. The van der Waals surface area contributed by atoms with Crippen LogP contribution in [0.2, 0.25) is 0 Å². The number of halogens is 2. The van der Waals surface area contributed by atoms with Crippen molar-refractivity contribution in [2.45, 2.75) is 39.5 Å². The Hall–Kier alpha value is 0.280. The summed E-state index contributed by atoms with van der Waals surface area (Å²) in [5.41, 5.74) is 2.72. The average Bonchev–Trinajstić information content (AvgIpc) is 2.92. The van der Waals surface area contributed by atoms with Crippen molar-refractivity contribution < 1.29 is 47.2 Å². The minimum absolute atomic E-state index is 0. The molecular weight excluding hydrogens is 332 g/mol. The van der Waals surface area contributed by atoms with Crippen molar-refractivity contribution in [2.75, 3.05) is 0 Å². The van der Waals surface area contributed by atoms with Gasteiger partial charge in [0.05, 0.1) is 0 Å². The van der Waals surface area contributed by atoms with Crippen molar-refractivity contribution in [3.8, 4) is 0 Å². The normalized spacial score (nSPS) is 14.5. The van der Waals surface area contributed by atoms with Gasteiger partial charge in [0.25, 0.3) is 0 Å². The SMILES string of the molecule is CCC1=[C-]CC=C1.CCC1=[C-]CC=C1.[Cl-].[Cl-].[Nb]. The topological polar surface area (TPSA) is 0 Å². The van der Waals surface area contributed by atoms with Crippen LogP contribution in [0, 0.1) is 12.2 Å². The van der Waals surface area contributed by atoms with Crippen molar-refractivity contribution in [2.24, 2.45) is 0 Å². The molecule has 17 heavy (non-hydrogen) atoms. The second-order valence-electron chi connectivity index (χ2n) is 3.32. The van der Waals surface area contributed by atoms with Gasteiger partial charge < -0.3 is 24.8 Å². The first-order valence-corrected chi connectivity index (χ1v) is 5.39. The van der Waals surface area contributed by atoms with Crippen molar-refractivity contribution in [3.63, 3.8) is 0 Å². The Balaban J connectivity index is -0.000000196. The van der Waals surface area contributed by atoms with Gasteiger partial charge in [-0.3, -0.25) is 12.2 Å². The largest absolute Gasteiger partial charge is 1.00 e. The van der Waals surface area contributed by atoms with Gasteiger partial charge in [0.1, 0.15) is 0 Å². The number of allylic oxidation sites excluding steroid dienone is 8. The Morgan fingerprint density at radius 1 is 0.882 bits per heavy atom. The average molecular weight is 350 g/mol. The van der Waals surface area contributed by atoms with E-state index >= 15 is 0 Å². The summed E-state index contributed by atoms with van der Waals surface area (Å²) in [6, 6.07) is 0. The summed E-state index contributed by atoms with van der Waals surface area (Å²) in [4.78, 5) is 0. The van der Waals surface area contributed by atoms with E-state index in [1.54, 1.807) is 0 Å². The Bertz CT molecular complexity index is 259. The Kier molecular flexibility index (Phi) is 18.9. The summed E-state index contributed by atoms with van der Waals surface area (Å²) >= 11 is 0. The van der Waals surface area contributed by atoms with E-state index in [9.17, 15) is 0 Å². The van der Waals surface area contributed by atoms with Crippen LogP contribution in [0.5, 0.6) is 0 Å². The maximum Gasteiger partial charge on any atom is 0 e. The van der Waals surface area contributed by atoms with E-state index in [4.69, 9.17) is 0 Å². The van der Waals surface area contributed by atoms with Gasteiger partial charge in [0.15, 0.2) is 0 Å². The van der Waals surface area contributed by atoms with Crippen LogP contribution in [0.15, 0.2) is 35.5 Å². The van der Waals surface area contributed by atoms with E-state index in [1.807, 2.05) is 0 Å². The molecule has 0 saturated carbocycles. The summed E-state index contributed by atoms with van der Waals surface area (Å²) in [6.07, 6.45) is 19.3. The minimum atomic E-state index is 0. The minimum Gasteiger partial charge on any atom is -1.00 e. The van der Waals surface area contributed by atoms with E-state index in [0.717, 1.165) is 25.7 Å². The predicted molar refractivity (Wildman–Crippen MR) is 61.6 cm³/mol. The van der Waals surface area contributed by atoms with Crippen LogP contribution in [-0.2, 0) is 22.4 Å². The number of hydrogen-bond donors (Lipinski definition) is 0. The van der Waals surface area contributed by atoms with Crippen molar-refractivity contribution in [1.82, 2.24) is 0 Å². The molecule has 2 aliphatic rings. The molecule has 0 aromatic rings. The molecule has 97 valence electrons. The molecule has 0 atom stereocenters. The van der Waals surface area contributed by atoms with Gasteiger partial charge in [-0.2, -0.15) is 12.2 Å². The molecule has 0 saturated heterocycles. The molecule has 0 N–H and O–H groups in total. The van der Waals surface area contributed by atoms with E-state index in [0.29, 0.717) is 0 Å². The molecule has 0 spiro atoms. The molecule has 1 radical (unpaired) electrons. The first-order chi connectivity index (χ1) is 6.86. The van der Waals surface area contributed by atoms with Crippen LogP contribution < -0.4 is 24.8 Å². The van der Waals surface area contributed by atoms with E-state index in [-0.39, 0.29) is 47.2 Å². The zero-order chi connectivity index (χ0) is 10.2. The summed E-state index contributed by atoms with van der Waals surface area (Å²) in [7, 11) is 0. The second-order valence-corrected chi connectivity index (χ2v) is 3.32. The zero-order valence-electron chi connectivity index (χ0n) is 10.3. The van der Waals surface area contributed by atoms with E-state index in [1.165, 1.54) is 11.1 Å². The second kappa shape index (κ2) is 14.3. The molecule has 2 rings (SSSR count). The fraction of sp³-hybridized carbons (Fsp3) is 0.429. The summed E-state index contributed by atoms with van der Waals surface area (Å²) < 4.78 is 0. The predicted octanol–water partition coefficient (Wildman–Crippen LogP) is -1.82. The van der Waals surface area contributed by atoms with Gasteiger partial charge in [0, 0.05) is 22.4 Å². The van der Waals surface area contributed by atoms with Crippen molar-refractivity contribution in [3.05, 3.63) is 47.6 Å². The first-order valence-electron chi connectivity index (χ1n) is 5.39. The third-order valence-electron chi connectivity index (χ3n) is 2.29. The maximum absolute atomic E-state index is 3.21. The van der Waals surface area contributed by atoms with Crippen LogP contribution in [0.4, 0.5) is 0 Å². The molecule has 2 aliphatic carbocycles. The Morgan fingerprint density at radius 3 is 1.35 bits per heavy atom. The van der Waals surface area contributed by atoms with E-state index < -0.39 is 0 Å². The zero-order valence-corrected chi connectivity index (χ0v) is 14.1. The smallest absolute Gasteiger partial charge is 0 e. The molecule has 0 heterocycles. The molecule has 0 fully saturated rings. The van der Waals surface area contributed by atoms with Crippen molar-refractivity contribution in [1.29, 1.82) is 0 Å². The van der Waals surface area contributed by atoms with Crippen LogP contribution in [0.3, 0.4) is 0 Å². The quantitative estimate of drug-likeness (QED) is 0.407. The van der Waals surface area contributed by atoms with Gasteiger partial charge in [-0.05, 0) is 0 Å². The Morgan fingerprint density at radius 2 is 1.24 bits per heavy atom. The van der Waals surface area contributed by atoms with Gasteiger partial charge >= 0.3 is 0 Å². The van der Waals surface area contributed by atoms with Crippen LogP contribution in [0.25, 0.3) is 0 Å². The van der Waals surface area contributed by atoms with Gasteiger partial charge in [-0.25, -0.2) is 23.3 Å². The molecule has 0 bridgehead atoms. The molecule has 0 aromatic carbocycles. The number of hydrogen-bond acceptors (Lipinski definition) is 0. The van der Waals surface area contributed by atoms with E-state index in [2.05, 4.69) is 50.3 Å². The van der Waals surface area contributed by atoms with Gasteiger partial charge in [-0.1, -0.05) is 26.7 Å². The Labute approximate surface area is 134 Å². The summed E-state index contributed by atoms with van der Waals surface area (Å²) in [6.45, 7) is 4.30. The number of rotatable bonds is 2. The van der Waals surface area contributed by atoms with Crippen LogP contribution in [-0.4, -0.2) is 0 Å². The molecule has 0 aromatic heterocycles. The third kappa shape index (κ3) is 9.94. The van der Waals surface area contributed by atoms with Gasteiger partial charge in [0.2, 0.25) is 0 Å². The summed E-state index contributed by atoms with van der Waals surface area (Å²) in [5.74, 6) is 0. The molecule has 0 amide bonds. The molecular formula is C14H18Cl2Nb-4. The van der Waals surface area contributed by atoms with Crippen LogP contribution in [0.1, 0.15) is 39.5 Å². The first kappa shape index (κ1) is 22.5. The summed E-state index contributed by atoms with van der Waals surface area (Å²) in [5, 5.41) is 0.